The predicted octanol–water partition coefficient (Wildman–Crippen LogP) is 3.50. The van der Waals surface area contributed by atoms with Gasteiger partial charge in [-0.1, -0.05) is 34.1 Å². The molecule has 0 aliphatic carbocycles. The molecule has 1 nitrogen and oxygen atoms in total. The summed E-state index contributed by atoms with van der Waals surface area (Å²) in [6.45, 7) is 8.65. The van der Waals surface area contributed by atoms with Crippen LogP contribution in [0.3, 0.4) is 0 Å². The lowest BCUT2D eigenvalue weighted by Crippen LogP contribution is -2.33. The molecule has 1 atom stereocenters. The van der Waals surface area contributed by atoms with Crippen molar-refractivity contribution in [1.29, 1.82) is 0 Å². The monoisotopic (exact) mass is 204 g/mol. The van der Waals surface area contributed by atoms with Crippen molar-refractivity contribution in [3.05, 3.63) is 0 Å². The van der Waals surface area contributed by atoms with Crippen LogP contribution in [0.25, 0.3) is 0 Å². The van der Waals surface area contributed by atoms with Crippen molar-refractivity contribution in [1.82, 2.24) is 0 Å². The largest absolute Gasteiger partial charge is 0.259 e. The highest BCUT2D eigenvalue weighted by atomic mass is 32.2. The van der Waals surface area contributed by atoms with Crippen LogP contribution in [0.2, 0.25) is 0 Å². The molecular weight excluding hydrogens is 180 g/mol. The van der Waals surface area contributed by atoms with Gasteiger partial charge < -0.3 is 0 Å². The van der Waals surface area contributed by atoms with Crippen LogP contribution >= 0.6 is 0 Å². The molecule has 0 rings (SSSR count). The standard InChI is InChI=1S/C11H24OS/c1-5-9-10-13(12)11(6-2,7-3)8-4/h5-10H2,1-4H3. The van der Waals surface area contributed by atoms with E-state index in [0.29, 0.717) is 0 Å². The minimum Gasteiger partial charge on any atom is -0.259 e. The lowest BCUT2D eigenvalue weighted by Gasteiger charge is -2.29. The van der Waals surface area contributed by atoms with Crippen molar-refractivity contribution in [3.63, 3.8) is 0 Å². The molecule has 13 heavy (non-hydrogen) atoms. The highest BCUT2D eigenvalue weighted by Crippen LogP contribution is 2.27. The van der Waals surface area contributed by atoms with E-state index in [-0.39, 0.29) is 4.75 Å². The molecule has 80 valence electrons. The van der Waals surface area contributed by atoms with E-state index in [1.165, 1.54) is 0 Å². The zero-order valence-electron chi connectivity index (χ0n) is 9.56. The van der Waals surface area contributed by atoms with Crippen LogP contribution in [-0.4, -0.2) is 14.7 Å². The predicted molar refractivity (Wildman–Crippen MR) is 61.5 cm³/mol. The second-order valence-electron chi connectivity index (χ2n) is 3.65. The molecule has 0 aromatic rings. The minimum atomic E-state index is -0.616. The molecule has 0 bridgehead atoms. The molecule has 2 heteroatoms. The van der Waals surface area contributed by atoms with Gasteiger partial charge in [0.1, 0.15) is 0 Å². The molecule has 0 radical (unpaired) electrons. The SMILES string of the molecule is CCCCS(=O)C(CC)(CC)CC. The molecule has 1 unspecified atom stereocenters. The molecule has 0 aromatic carbocycles. The van der Waals surface area contributed by atoms with Crippen molar-refractivity contribution >= 4 is 10.8 Å². The maximum absolute atomic E-state index is 12.0. The fourth-order valence-electron chi connectivity index (χ4n) is 1.72. The van der Waals surface area contributed by atoms with Gasteiger partial charge in [0.25, 0.3) is 0 Å². The van der Waals surface area contributed by atoms with E-state index >= 15 is 0 Å². The third-order valence-electron chi connectivity index (χ3n) is 3.10. The average Bonchev–Trinajstić information content (AvgIpc) is 2.18. The van der Waals surface area contributed by atoms with Gasteiger partial charge in [0.2, 0.25) is 0 Å². The molecule has 0 aliphatic rings. The van der Waals surface area contributed by atoms with Gasteiger partial charge in [-0.15, -0.1) is 0 Å². The van der Waals surface area contributed by atoms with Gasteiger partial charge in [-0.25, -0.2) is 0 Å². The highest BCUT2D eigenvalue weighted by Gasteiger charge is 2.30. The zero-order chi connectivity index (χ0) is 10.3. The van der Waals surface area contributed by atoms with Crippen LogP contribution in [-0.2, 0) is 10.8 Å². The summed E-state index contributed by atoms with van der Waals surface area (Å²) in [5, 5.41) is 0. The summed E-state index contributed by atoms with van der Waals surface area (Å²) in [6.07, 6.45) is 5.41. The summed E-state index contributed by atoms with van der Waals surface area (Å²) in [7, 11) is -0.616. The number of rotatable bonds is 7. The molecular formula is C11H24OS. The van der Waals surface area contributed by atoms with Crippen molar-refractivity contribution < 1.29 is 4.21 Å². The zero-order valence-corrected chi connectivity index (χ0v) is 10.4. The van der Waals surface area contributed by atoms with Gasteiger partial charge in [-0.2, -0.15) is 0 Å². The second-order valence-corrected chi connectivity index (χ2v) is 5.61. The van der Waals surface area contributed by atoms with Crippen LogP contribution < -0.4 is 0 Å². The molecule has 0 spiro atoms. The van der Waals surface area contributed by atoms with E-state index in [2.05, 4.69) is 27.7 Å². The van der Waals surface area contributed by atoms with Gasteiger partial charge in [0.15, 0.2) is 0 Å². The van der Waals surface area contributed by atoms with Crippen LogP contribution in [0.15, 0.2) is 0 Å². The molecule has 0 amide bonds. The summed E-state index contributed by atoms with van der Waals surface area (Å²) in [4.78, 5) is 0. The van der Waals surface area contributed by atoms with E-state index in [1.807, 2.05) is 0 Å². The lowest BCUT2D eigenvalue weighted by atomic mass is 9.99. The van der Waals surface area contributed by atoms with Gasteiger partial charge >= 0.3 is 0 Å². The third-order valence-corrected chi connectivity index (χ3v) is 5.59. The Hall–Kier alpha value is 0.150. The van der Waals surface area contributed by atoms with Crippen molar-refractivity contribution in [2.75, 3.05) is 5.75 Å². The Balaban J connectivity index is 4.26. The van der Waals surface area contributed by atoms with Gasteiger partial charge in [0, 0.05) is 21.3 Å². The van der Waals surface area contributed by atoms with Gasteiger partial charge in [-0.05, 0) is 25.7 Å². The van der Waals surface area contributed by atoms with E-state index in [9.17, 15) is 4.21 Å². The maximum atomic E-state index is 12.0. The smallest absolute Gasteiger partial charge is 0.0451 e. The van der Waals surface area contributed by atoms with Crippen molar-refractivity contribution in [2.45, 2.75) is 64.5 Å². The van der Waals surface area contributed by atoms with E-state index in [4.69, 9.17) is 0 Å². The van der Waals surface area contributed by atoms with Crippen molar-refractivity contribution in [2.24, 2.45) is 0 Å². The normalized spacial score (nSPS) is 14.5. The summed E-state index contributed by atoms with van der Waals surface area (Å²) >= 11 is 0. The summed E-state index contributed by atoms with van der Waals surface area (Å²) in [5.74, 6) is 0.895. The Bertz CT molecular complexity index is 142. The van der Waals surface area contributed by atoms with Crippen molar-refractivity contribution in [3.8, 4) is 0 Å². The van der Waals surface area contributed by atoms with Crippen LogP contribution in [0.4, 0.5) is 0 Å². The maximum Gasteiger partial charge on any atom is 0.0451 e. The van der Waals surface area contributed by atoms with E-state index < -0.39 is 10.8 Å². The Labute approximate surface area is 85.8 Å². The Morgan fingerprint density at radius 2 is 1.46 bits per heavy atom. The molecule has 0 fully saturated rings. The van der Waals surface area contributed by atoms with Gasteiger partial charge in [0.05, 0.1) is 0 Å². The summed E-state index contributed by atoms with van der Waals surface area (Å²) in [6, 6.07) is 0. The Morgan fingerprint density at radius 3 is 1.77 bits per heavy atom. The van der Waals surface area contributed by atoms with Gasteiger partial charge in [-0.3, -0.25) is 4.21 Å². The first kappa shape index (κ1) is 13.2. The van der Waals surface area contributed by atoms with Crippen LogP contribution in [0.5, 0.6) is 0 Å². The molecule has 0 aromatic heterocycles. The summed E-state index contributed by atoms with van der Waals surface area (Å²) < 4.78 is 12.1. The molecule has 0 saturated carbocycles. The Kier molecular flexibility index (Phi) is 6.66. The summed E-state index contributed by atoms with van der Waals surface area (Å²) in [5.41, 5.74) is 0. The minimum absolute atomic E-state index is 0.106. The second kappa shape index (κ2) is 6.58. The number of hydrogen-bond acceptors (Lipinski definition) is 1. The average molecular weight is 204 g/mol. The topological polar surface area (TPSA) is 17.1 Å². The first-order valence-electron chi connectivity index (χ1n) is 5.55. The molecule has 0 aliphatic heterocycles. The molecule has 0 N–H and O–H groups in total. The fourth-order valence-corrected chi connectivity index (χ4v) is 3.67. The lowest BCUT2D eigenvalue weighted by molar-refractivity contribution is 0.504. The number of hydrogen-bond donors (Lipinski definition) is 0. The molecule has 0 heterocycles. The number of unbranched alkanes of at least 4 members (excludes halogenated alkanes) is 1. The first-order valence-corrected chi connectivity index (χ1v) is 6.87. The fraction of sp³-hybridized carbons (Fsp3) is 1.00. The van der Waals surface area contributed by atoms with E-state index in [1.54, 1.807) is 0 Å². The Morgan fingerprint density at radius 1 is 1.00 bits per heavy atom. The van der Waals surface area contributed by atoms with Crippen LogP contribution in [0, 0.1) is 0 Å². The quantitative estimate of drug-likeness (QED) is 0.620. The van der Waals surface area contributed by atoms with Crippen LogP contribution in [0.1, 0.15) is 59.8 Å². The molecule has 0 saturated heterocycles. The third kappa shape index (κ3) is 3.41. The van der Waals surface area contributed by atoms with E-state index in [0.717, 1.165) is 37.9 Å². The highest BCUT2D eigenvalue weighted by molar-refractivity contribution is 7.86. The first-order chi connectivity index (χ1) is 6.16.